The quantitative estimate of drug-likeness (QED) is 0.697. The molecule has 0 aliphatic carbocycles. The van der Waals surface area contributed by atoms with Gasteiger partial charge < -0.3 is 14.4 Å². The Balaban J connectivity index is 3.14. The maximum absolute atomic E-state index is 12.3. The summed E-state index contributed by atoms with van der Waals surface area (Å²) in [6, 6.07) is 0. The minimum Gasteiger partial charge on any atom is -0.462 e. The van der Waals surface area contributed by atoms with E-state index in [1.165, 1.54) is 6.92 Å². The summed E-state index contributed by atoms with van der Waals surface area (Å²) in [5.41, 5.74) is 0.0540. The molecule has 6 nitrogen and oxygen atoms in total. The van der Waals surface area contributed by atoms with Gasteiger partial charge in [0.2, 0.25) is 5.91 Å². The van der Waals surface area contributed by atoms with Crippen molar-refractivity contribution in [2.45, 2.75) is 52.4 Å². The van der Waals surface area contributed by atoms with Gasteiger partial charge in [-0.2, -0.15) is 0 Å². The lowest BCUT2D eigenvalue weighted by Crippen LogP contribution is -2.41. The topological polar surface area (TPSA) is 72.9 Å². The van der Waals surface area contributed by atoms with Crippen LogP contribution in [0.15, 0.2) is 10.6 Å². The monoisotopic (exact) mass is 329 g/mol. The van der Waals surface area contributed by atoms with Crippen LogP contribution in [0.1, 0.15) is 47.0 Å². The number of hydrogen-bond acceptors (Lipinski definition) is 6. The zero-order valence-corrected chi connectivity index (χ0v) is 14.3. The van der Waals surface area contributed by atoms with Crippen LogP contribution in [0.4, 0.5) is 0 Å². The zero-order valence-electron chi connectivity index (χ0n) is 13.5. The molecule has 0 N–H and O–H groups in total. The summed E-state index contributed by atoms with van der Waals surface area (Å²) in [5, 5.41) is 0. The summed E-state index contributed by atoms with van der Waals surface area (Å²) >= 11 is 1.15. The van der Waals surface area contributed by atoms with Gasteiger partial charge in [0.05, 0.1) is 13.2 Å². The molecule has 0 radical (unpaired) electrons. The van der Waals surface area contributed by atoms with E-state index in [-0.39, 0.29) is 19.1 Å². The fourth-order valence-electron chi connectivity index (χ4n) is 2.18. The van der Waals surface area contributed by atoms with Gasteiger partial charge in [0.15, 0.2) is 5.44 Å². The van der Waals surface area contributed by atoms with E-state index in [1.54, 1.807) is 11.8 Å². The molecule has 124 valence electrons. The van der Waals surface area contributed by atoms with E-state index in [2.05, 4.69) is 0 Å². The standard InChI is InChI=1S/C15H23NO5S/c1-5-8-12(18)16-9-13(21-10(4)17)22-14(11(16)6-2)15(19)20-7-3/h13H,5-9H2,1-4H3. The van der Waals surface area contributed by atoms with Crippen molar-refractivity contribution < 1.29 is 23.9 Å². The average molecular weight is 329 g/mol. The van der Waals surface area contributed by atoms with Crippen LogP contribution in [0.5, 0.6) is 0 Å². The number of nitrogens with zero attached hydrogens (tertiary/aromatic N) is 1. The second kappa shape index (κ2) is 8.82. The van der Waals surface area contributed by atoms with Gasteiger partial charge in [0.1, 0.15) is 4.91 Å². The molecular formula is C15H23NO5S. The smallest absolute Gasteiger partial charge is 0.346 e. The Kier molecular flexibility index (Phi) is 7.44. The Bertz CT molecular complexity index is 475. The van der Waals surface area contributed by atoms with Crippen molar-refractivity contribution in [3.8, 4) is 0 Å². The Morgan fingerprint density at radius 3 is 2.45 bits per heavy atom. The summed E-state index contributed by atoms with van der Waals surface area (Å²) in [6.45, 7) is 7.34. The first-order chi connectivity index (χ1) is 10.4. The molecule has 1 rings (SSSR count). The summed E-state index contributed by atoms with van der Waals surface area (Å²) in [5.74, 6) is -0.988. The minimum atomic E-state index is -0.590. The first kappa shape index (κ1) is 18.5. The molecule has 7 heteroatoms. The van der Waals surface area contributed by atoms with Gasteiger partial charge >= 0.3 is 11.9 Å². The lowest BCUT2D eigenvalue weighted by atomic mass is 10.2. The van der Waals surface area contributed by atoms with Crippen molar-refractivity contribution >= 4 is 29.6 Å². The van der Waals surface area contributed by atoms with E-state index in [4.69, 9.17) is 9.47 Å². The van der Waals surface area contributed by atoms with Crippen LogP contribution in [0.3, 0.4) is 0 Å². The molecule has 0 bridgehead atoms. The molecule has 1 unspecified atom stereocenters. The van der Waals surface area contributed by atoms with Crippen molar-refractivity contribution in [1.82, 2.24) is 4.90 Å². The molecule has 0 saturated carbocycles. The maximum Gasteiger partial charge on any atom is 0.346 e. The third kappa shape index (κ3) is 4.76. The van der Waals surface area contributed by atoms with Crippen molar-refractivity contribution in [1.29, 1.82) is 0 Å². The summed E-state index contributed by atoms with van der Waals surface area (Å²) in [7, 11) is 0. The van der Waals surface area contributed by atoms with Crippen LogP contribution >= 0.6 is 11.8 Å². The second-order valence-electron chi connectivity index (χ2n) is 4.76. The fourth-order valence-corrected chi connectivity index (χ4v) is 3.40. The van der Waals surface area contributed by atoms with Gasteiger partial charge in [0.25, 0.3) is 0 Å². The van der Waals surface area contributed by atoms with E-state index in [9.17, 15) is 14.4 Å². The van der Waals surface area contributed by atoms with E-state index >= 15 is 0 Å². The molecule has 1 heterocycles. The molecular weight excluding hydrogens is 306 g/mol. The highest BCUT2D eigenvalue weighted by molar-refractivity contribution is 8.04. The molecule has 22 heavy (non-hydrogen) atoms. The predicted molar refractivity (Wildman–Crippen MR) is 83.7 cm³/mol. The minimum absolute atomic E-state index is 0.0707. The number of esters is 2. The van der Waals surface area contributed by atoms with E-state index in [0.717, 1.165) is 11.8 Å². The number of rotatable bonds is 6. The molecule has 0 spiro atoms. The fraction of sp³-hybridized carbons (Fsp3) is 0.667. The van der Waals surface area contributed by atoms with Gasteiger partial charge in [0, 0.05) is 19.0 Å². The van der Waals surface area contributed by atoms with Crippen LogP contribution < -0.4 is 0 Å². The highest BCUT2D eigenvalue weighted by atomic mass is 32.2. The first-order valence-corrected chi connectivity index (χ1v) is 8.36. The largest absolute Gasteiger partial charge is 0.462 e. The van der Waals surface area contributed by atoms with Gasteiger partial charge in [-0.25, -0.2) is 4.79 Å². The zero-order chi connectivity index (χ0) is 16.7. The lowest BCUT2D eigenvalue weighted by Gasteiger charge is -2.34. The third-order valence-electron chi connectivity index (χ3n) is 3.03. The highest BCUT2D eigenvalue weighted by Crippen LogP contribution is 2.36. The van der Waals surface area contributed by atoms with Crippen molar-refractivity contribution in [2.75, 3.05) is 13.2 Å². The number of thioether (sulfide) groups is 1. The van der Waals surface area contributed by atoms with Gasteiger partial charge in [-0.15, -0.1) is 0 Å². The van der Waals surface area contributed by atoms with Crippen molar-refractivity contribution in [3.63, 3.8) is 0 Å². The molecule has 1 aliphatic heterocycles. The Morgan fingerprint density at radius 1 is 1.27 bits per heavy atom. The highest BCUT2D eigenvalue weighted by Gasteiger charge is 2.35. The molecule has 1 aliphatic rings. The lowest BCUT2D eigenvalue weighted by molar-refractivity contribution is -0.145. The van der Waals surface area contributed by atoms with Crippen LogP contribution in [-0.2, 0) is 23.9 Å². The van der Waals surface area contributed by atoms with Gasteiger partial charge in [-0.3, -0.25) is 9.59 Å². The molecule has 1 amide bonds. The third-order valence-corrected chi connectivity index (χ3v) is 4.17. The number of hydrogen-bond donors (Lipinski definition) is 0. The Labute approximate surface area is 135 Å². The molecule has 1 atom stereocenters. The Morgan fingerprint density at radius 2 is 1.95 bits per heavy atom. The normalized spacial score (nSPS) is 18.2. The average Bonchev–Trinajstić information content (AvgIpc) is 2.46. The Hall–Kier alpha value is -1.50. The molecule has 0 aromatic carbocycles. The second-order valence-corrected chi connectivity index (χ2v) is 5.93. The number of carbonyl (C=O) groups is 3. The van der Waals surface area contributed by atoms with E-state index < -0.39 is 17.4 Å². The molecule has 0 aromatic heterocycles. The number of carbonyl (C=O) groups excluding carboxylic acids is 3. The summed E-state index contributed by atoms with van der Waals surface area (Å²) in [4.78, 5) is 37.6. The summed E-state index contributed by atoms with van der Waals surface area (Å²) < 4.78 is 10.2. The summed E-state index contributed by atoms with van der Waals surface area (Å²) in [6.07, 6.45) is 1.63. The van der Waals surface area contributed by atoms with Crippen molar-refractivity contribution in [2.24, 2.45) is 0 Å². The number of ether oxygens (including phenoxy) is 2. The van der Waals surface area contributed by atoms with Crippen LogP contribution in [-0.4, -0.2) is 41.3 Å². The van der Waals surface area contributed by atoms with E-state index in [0.29, 0.717) is 29.9 Å². The van der Waals surface area contributed by atoms with Crippen LogP contribution in [0.25, 0.3) is 0 Å². The first-order valence-electron chi connectivity index (χ1n) is 7.48. The van der Waals surface area contributed by atoms with Crippen molar-refractivity contribution in [3.05, 3.63) is 10.6 Å². The maximum atomic E-state index is 12.3. The number of amides is 1. The van der Waals surface area contributed by atoms with Gasteiger partial charge in [-0.1, -0.05) is 25.6 Å². The van der Waals surface area contributed by atoms with E-state index in [1.807, 2.05) is 13.8 Å². The molecule has 0 fully saturated rings. The van der Waals surface area contributed by atoms with Crippen LogP contribution in [0, 0.1) is 0 Å². The number of allylic oxidation sites excluding steroid dienone is 1. The predicted octanol–water partition coefficient (Wildman–Crippen LogP) is 2.44. The van der Waals surface area contributed by atoms with Crippen LogP contribution in [0.2, 0.25) is 0 Å². The van der Waals surface area contributed by atoms with Gasteiger partial charge in [-0.05, 0) is 19.8 Å². The SMILES string of the molecule is CCCC(=O)N1CC(OC(C)=O)SC(C(=O)OCC)=C1CC. The molecule has 0 saturated heterocycles. The molecule has 0 aromatic rings.